The van der Waals surface area contributed by atoms with Crippen LogP contribution in [0.25, 0.3) is 11.3 Å². The Kier molecular flexibility index (Phi) is 3.03. The third-order valence-corrected chi connectivity index (χ3v) is 3.24. The van der Waals surface area contributed by atoms with Crippen molar-refractivity contribution in [2.45, 2.75) is 20.8 Å². The average molecular weight is 245 g/mol. The number of anilines is 1. The first-order valence-corrected chi connectivity index (χ1v) is 5.90. The molecule has 0 aliphatic heterocycles. The van der Waals surface area contributed by atoms with E-state index in [9.17, 15) is 0 Å². The molecule has 0 saturated carbocycles. The van der Waals surface area contributed by atoms with Gasteiger partial charge in [0.1, 0.15) is 17.3 Å². The number of nitrogens with zero attached hydrogens (tertiary/aromatic N) is 2. The highest BCUT2D eigenvalue weighted by atomic mass is 16.5. The van der Waals surface area contributed by atoms with Crippen LogP contribution in [0.2, 0.25) is 0 Å². The summed E-state index contributed by atoms with van der Waals surface area (Å²) in [6, 6.07) is 4.15. The number of nitrogens with two attached hydrogens (primary N) is 1. The SMILES string of the molecule is COc1cc(C)cc(C)c1-c1nn(C)c(N)c1C. The smallest absolute Gasteiger partial charge is 0.128 e. The maximum Gasteiger partial charge on any atom is 0.128 e. The van der Waals surface area contributed by atoms with Crippen LogP contribution in [0.15, 0.2) is 12.1 Å². The molecule has 2 aromatic rings. The maximum atomic E-state index is 5.97. The molecule has 1 aromatic heterocycles. The summed E-state index contributed by atoms with van der Waals surface area (Å²) in [7, 11) is 3.53. The Hall–Kier alpha value is -1.97. The molecule has 2 rings (SSSR count). The van der Waals surface area contributed by atoms with Crippen molar-refractivity contribution in [3.63, 3.8) is 0 Å². The highest BCUT2D eigenvalue weighted by Crippen LogP contribution is 2.36. The third-order valence-electron chi connectivity index (χ3n) is 3.24. The van der Waals surface area contributed by atoms with E-state index in [1.54, 1.807) is 11.8 Å². The van der Waals surface area contributed by atoms with Gasteiger partial charge in [-0.25, -0.2) is 0 Å². The zero-order chi connectivity index (χ0) is 13.4. The van der Waals surface area contributed by atoms with E-state index in [0.717, 1.165) is 28.1 Å². The second kappa shape index (κ2) is 4.37. The van der Waals surface area contributed by atoms with Crippen LogP contribution in [0.4, 0.5) is 5.82 Å². The molecule has 0 radical (unpaired) electrons. The number of hydrogen-bond acceptors (Lipinski definition) is 3. The fourth-order valence-corrected chi connectivity index (χ4v) is 2.27. The maximum absolute atomic E-state index is 5.97. The zero-order valence-corrected chi connectivity index (χ0v) is 11.5. The molecule has 1 aromatic carbocycles. The highest BCUT2D eigenvalue weighted by molar-refractivity contribution is 5.76. The van der Waals surface area contributed by atoms with Gasteiger partial charge in [0, 0.05) is 18.2 Å². The fourth-order valence-electron chi connectivity index (χ4n) is 2.27. The molecular weight excluding hydrogens is 226 g/mol. The number of aryl methyl sites for hydroxylation is 3. The van der Waals surface area contributed by atoms with Gasteiger partial charge in [-0.05, 0) is 38.0 Å². The first-order chi connectivity index (χ1) is 8.45. The minimum absolute atomic E-state index is 0.687. The van der Waals surface area contributed by atoms with Crippen molar-refractivity contribution >= 4 is 5.82 Å². The van der Waals surface area contributed by atoms with Gasteiger partial charge >= 0.3 is 0 Å². The number of benzene rings is 1. The molecule has 0 spiro atoms. The molecule has 2 N–H and O–H groups in total. The van der Waals surface area contributed by atoms with Gasteiger partial charge in [0.25, 0.3) is 0 Å². The molecule has 0 fully saturated rings. The molecule has 1 heterocycles. The van der Waals surface area contributed by atoms with Gasteiger partial charge in [-0.1, -0.05) is 6.07 Å². The Morgan fingerprint density at radius 1 is 1.22 bits per heavy atom. The van der Waals surface area contributed by atoms with Gasteiger partial charge in [0.05, 0.1) is 7.11 Å². The van der Waals surface area contributed by atoms with Crippen LogP contribution < -0.4 is 10.5 Å². The van der Waals surface area contributed by atoms with E-state index in [-0.39, 0.29) is 0 Å². The van der Waals surface area contributed by atoms with Crippen molar-refractivity contribution in [3.05, 3.63) is 28.8 Å². The van der Waals surface area contributed by atoms with Crippen LogP contribution >= 0.6 is 0 Å². The molecule has 4 nitrogen and oxygen atoms in total. The van der Waals surface area contributed by atoms with Crippen molar-refractivity contribution in [1.82, 2.24) is 9.78 Å². The summed E-state index contributed by atoms with van der Waals surface area (Å²) in [4.78, 5) is 0. The predicted octanol–water partition coefficient (Wildman–Crippen LogP) is 2.60. The Labute approximate surface area is 107 Å². The molecule has 0 saturated heterocycles. The molecule has 0 aliphatic rings. The van der Waals surface area contributed by atoms with Gasteiger partial charge in [-0.15, -0.1) is 0 Å². The van der Waals surface area contributed by atoms with E-state index < -0.39 is 0 Å². The summed E-state index contributed by atoms with van der Waals surface area (Å²) >= 11 is 0. The van der Waals surface area contributed by atoms with Crippen LogP contribution in [0.5, 0.6) is 5.75 Å². The Bertz CT molecular complexity index is 600. The Morgan fingerprint density at radius 3 is 2.39 bits per heavy atom. The van der Waals surface area contributed by atoms with Crippen molar-refractivity contribution in [2.24, 2.45) is 7.05 Å². The minimum atomic E-state index is 0.687. The summed E-state index contributed by atoms with van der Waals surface area (Å²) in [6.07, 6.45) is 0. The lowest BCUT2D eigenvalue weighted by molar-refractivity contribution is 0.415. The largest absolute Gasteiger partial charge is 0.496 e. The summed E-state index contributed by atoms with van der Waals surface area (Å²) in [6.45, 7) is 6.10. The number of ether oxygens (including phenoxy) is 1. The number of hydrogen-bond donors (Lipinski definition) is 1. The van der Waals surface area contributed by atoms with Crippen LogP contribution in [0, 0.1) is 20.8 Å². The van der Waals surface area contributed by atoms with Crippen LogP contribution in [0.1, 0.15) is 16.7 Å². The Balaban J connectivity index is 2.74. The van der Waals surface area contributed by atoms with E-state index in [0.29, 0.717) is 5.82 Å². The van der Waals surface area contributed by atoms with Crippen molar-refractivity contribution < 1.29 is 4.74 Å². The quantitative estimate of drug-likeness (QED) is 0.884. The molecule has 4 heteroatoms. The standard InChI is InChI=1S/C14H19N3O/c1-8-6-9(2)12(11(7-8)18-5)13-10(3)14(15)17(4)16-13/h6-7H,15H2,1-5H3. The lowest BCUT2D eigenvalue weighted by atomic mass is 9.99. The molecule has 0 atom stereocenters. The van der Waals surface area contributed by atoms with E-state index in [1.165, 1.54) is 5.56 Å². The van der Waals surface area contributed by atoms with Crippen molar-refractivity contribution in [1.29, 1.82) is 0 Å². The second-order valence-electron chi connectivity index (χ2n) is 4.64. The molecular formula is C14H19N3O. The van der Waals surface area contributed by atoms with Gasteiger partial charge in [0.2, 0.25) is 0 Å². The molecule has 96 valence electrons. The first kappa shape index (κ1) is 12.5. The van der Waals surface area contributed by atoms with Gasteiger partial charge in [0.15, 0.2) is 0 Å². The van der Waals surface area contributed by atoms with Crippen LogP contribution in [-0.2, 0) is 7.05 Å². The van der Waals surface area contributed by atoms with Gasteiger partial charge < -0.3 is 10.5 Å². The summed E-state index contributed by atoms with van der Waals surface area (Å²) in [5, 5.41) is 4.49. The number of aromatic nitrogens is 2. The Morgan fingerprint density at radius 2 is 1.89 bits per heavy atom. The van der Waals surface area contributed by atoms with Gasteiger partial charge in [-0.2, -0.15) is 5.10 Å². The van der Waals surface area contributed by atoms with Crippen molar-refractivity contribution in [3.8, 4) is 17.0 Å². The first-order valence-electron chi connectivity index (χ1n) is 5.90. The van der Waals surface area contributed by atoms with E-state index in [2.05, 4.69) is 25.0 Å². The topological polar surface area (TPSA) is 53.1 Å². The predicted molar refractivity (Wildman–Crippen MR) is 73.8 cm³/mol. The van der Waals surface area contributed by atoms with E-state index in [4.69, 9.17) is 10.5 Å². The molecule has 0 aliphatic carbocycles. The van der Waals surface area contributed by atoms with E-state index in [1.807, 2.05) is 20.0 Å². The number of methoxy groups -OCH3 is 1. The summed E-state index contributed by atoms with van der Waals surface area (Å²) in [5.74, 6) is 1.53. The third kappa shape index (κ3) is 1.83. The second-order valence-corrected chi connectivity index (χ2v) is 4.64. The van der Waals surface area contributed by atoms with Crippen LogP contribution in [0.3, 0.4) is 0 Å². The van der Waals surface area contributed by atoms with Crippen molar-refractivity contribution in [2.75, 3.05) is 12.8 Å². The summed E-state index contributed by atoms with van der Waals surface area (Å²) in [5.41, 5.74) is 11.2. The molecule has 0 bridgehead atoms. The lowest BCUT2D eigenvalue weighted by Crippen LogP contribution is -1.97. The fraction of sp³-hybridized carbons (Fsp3) is 0.357. The highest BCUT2D eigenvalue weighted by Gasteiger charge is 2.18. The average Bonchev–Trinajstić information content (AvgIpc) is 2.56. The molecule has 0 amide bonds. The lowest BCUT2D eigenvalue weighted by Gasteiger charge is -2.11. The summed E-state index contributed by atoms with van der Waals surface area (Å²) < 4.78 is 7.17. The molecule has 18 heavy (non-hydrogen) atoms. The van der Waals surface area contributed by atoms with E-state index >= 15 is 0 Å². The number of nitrogen functional groups attached to an aromatic ring is 1. The van der Waals surface area contributed by atoms with Gasteiger partial charge in [-0.3, -0.25) is 4.68 Å². The normalized spacial score (nSPS) is 10.7. The van der Waals surface area contributed by atoms with Crippen LogP contribution in [-0.4, -0.2) is 16.9 Å². The zero-order valence-electron chi connectivity index (χ0n) is 11.5. The minimum Gasteiger partial charge on any atom is -0.496 e. The number of rotatable bonds is 2. The monoisotopic (exact) mass is 245 g/mol. The molecule has 0 unspecified atom stereocenters.